The highest BCUT2D eigenvalue weighted by Gasteiger charge is 2.32. The number of benzene rings is 2. The normalized spacial score (nSPS) is 18.0. The molecule has 12 nitrogen and oxygen atoms in total. The molecule has 3 amide bonds. The summed E-state index contributed by atoms with van der Waals surface area (Å²) in [7, 11) is -2.30. The van der Waals surface area contributed by atoms with E-state index in [2.05, 4.69) is 15.2 Å². The fourth-order valence-corrected chi connectivity index (χ4v) is 5.93. The molecule has 2 heterocycles. The number of aryl methyl sites for hydroxylation is 2. The molecule has 1 aromatic heterocycles. The molecule has 3 atom stereocenters. The molecule has 3 aromatic rings. The Kier molecular flexibility index (Phi) is 9.88. The molecular formula is C29H36ClN5O7S. The minimum atomic E-state index is -3.93. The predicted molar refractivity (Wildman–Crippen MR) is 162 cm³/mol. The van der Waals surface area contributed by atoms with Gasteiger partial charge in [-0.05, 0) is 63.2 Å². The second kappa shape index (κ2) is 13.2. The molecule has 0 aliphatic carbocycles. The van der Waals surface area contributed by atoms with Crippen LogP contribution in [0.4, 0.5) is 16.2 Å². The molecule has 0 spiro atoms. The number of anilines is 2. The number of urea groups is 1. The number of carbonyl (C=O) groups excluding carboxylic acids is 2. The van der Waals surface area contributed by atoms with Crippen molar-refractivity contribution < 1.29 is 32.4 Å². The van der Waals surface area contributed by atoms with E-state index >= 15 is 0 Å². The third-order valence-corrected chi connectivity index (χ3v) is 9.01. The van der Waals surface area contributed by atoms with E-state index in [9.17, 15) is 23.1 Å². The number of fused-ring (bicyclic) bond motifs is 1. The van der Waals surface area contributed by atoms with Crippen LogP contribution in [-0.4, -0.2) is 79.3 Å². The van der Waals surface area contributed by atoms with Crippen molar-refractivity contribution in [1.82, 2.24) is 15.0 Å². The van der Waals surface area contributed by atoms with Crippen molar-refractivity contribution in [2.45, 2.75) is 51.2 Å². The van der Waals surface area contributed by atoms with Crippen LogP contribution < -0.4 is 14.8 Å². The molecule has 2 aromatic carbocycles. The zero-order valence-corrected chi connectivity index (χ0v) is 26.2. The topological polar surface area (TPSA) is 154 Å². The van der Waals surface area contributed by atoms with E-state index in [1.165, 1.54) is 29.2 Å². The third-order valence-electron chi connectivity index (χ3n) is 7.36. The minimum Gasteiger partial charge on any atom is -0.488 e. The molecule has 0 saturated heterocycles. The number of likely N-dealkylation sites (N-methyl/N-ethyl adjacent to an activating group) is 1. The van der Waals surface area contributed by atoms with Gasteiger partial charge in [-0.15, -0.1) is 0 Å². The van der Waals surface area contributed by atoms with Gasteiger partial charge in [0.1, 0.15) is 23.2 Å². The van der Waals surface area contributed by atoms with Gasteiger partial charge in [-0.2, -0.15) is 0 Å². The van der Waals surface area contributed by atoms with Crippen molar-refractivity contribution in [3.8, 4) is 5.75 Å². The highest BCUT2D eigenvalue weighted by Crippen LogP contribution is 2.30. The van der Waals surface area contributed by atoms with Gasteiger partial charge in [-0.25, -0.2) is 13.2 Å². The summed E-state index contributed by atoms with van der Waals surface area (Å²) >= 11 is 5.90. The summed E-state index contributed by atoms with van der Waals surface area (Å²) in [6.07, 6.45) is -0.645. The van der Waals surface area contributed by atoms with Crippen LogP contribution in [0.15, 0.2) is 51.9 Å². The highest BCUT2D eigenvalue weighted by molar-refractivity contribution is 7.92. The van der Waals surface area contributed by atoms with Crippen molar-refractivity contribution in [2.24, 2.45) is 5.92 Å². The monoisotopic (exact) mass is 633 g/mol. The molecule has 232 valence electrons. The molecule has 43 heavy (non-hydrogen) atoms. The lowest BCUT2D eigenvalue weighted by atomic mass is 10.0. The van der Waals surface area contributed by atoms with E-state index in [0.29, 0.717) is 33.5 Å². The number of rotatable bonds is 8. The Balaban J connectivity index is 1.62. The Labute approximate surface area is 256 Å². The molecule has 1 aliphatic rings. The Bertz CT molecular complexity index is 1560. The van der Waals surface area contributed by atoms with Crippen molar-refractivity contribution in [2.75, 3.05) is 36.8 Å². The summed E-state index contributed by atoms with van der Waals surface area (Å²) in [5.74, 6) is 0.370. The number of hydrogen-bond acceptors (Lipinski definition) is 8. The lowest BCUT2D eigenvalue weighted by Gasteiger charge is -2.34. The number of hydrogen-bond donors (Lipinski definition) is 3. The SMILES string of the molecule is Cc1noc(C)c1NC(=O)N(C)C[C@H]1Oc2ccc(NS(=O)(=O)c3ccc(Cl)cc3)cc2CC(=O)N([C@H](C)CO)C[C@@H]1C. The summed E-state index contributed by atoms with van der Waals surface area (Å²) in [4.78, 5) is 29.6. The number of aromatic nitrogens is 1. The molecule has 3 N–H and O–H groups in total. The zero-order valence-electron chi connectivity index (χ0n) is 24.6. The Morgan fingerprint density at radius 3 is 2.56 bits per heavy atom. The van der Waals surface area contributed by atoms with E-state index in [1.807, 2.05) is 6.92 Å². The Hall–Kier alpha value is -3.81. The van der Waals surface area contributed by atoms with E-state index in [-0.39, 0.29) is 48.5 Å². The largest absolute Gasteiger partial charge is 0.488 e. The highest BCUT2D eigenvalue weighted by atomic mass is 35.5. The maximum Gasteiger partial charge on any atom is 0.321 e. The van der Waals surface area contributed by atoms with Gasteiger partial charge in [-0.1, -0.05) is 23.7 Å². The summed E-state index contributed by atoms with van der Waals surface area (Å²) in [6, 6.07) is 9.62. The van der Waals surface area contributed by atoms with E-state index in [4.69, 9.17) is 20.9 Å². The van der Waals surface area contributed by atoms with Gasteiger partial charge in [0.05, 0.1) is 30.5 Å². The lowest BCUT2D eigenvalue weighted by molar-refractivity contribution is -0.134. The Morgan fingerprint density at radius 1 is 1.23 bits per heavy atom. The van der Waals surface area contributed by atoms with Gasteiger partial charge in [0.25, 0.3) is 10.0 Å². The van der Waals surface area contributed by atoms with Crippen molar-refractivity contribution in [3.05, 3.63) is 64.5 Å². The number of aliphatic hydroxyl groups excluding tert-OH is 1. The van der Waals surface area contributed by atoms with Crippen LogP contribution in [0.1, 0.15) is 30.9 Å². The smallest absolute Gasteiger partial charge is 0.321 e. The molecule has 4 rings (SSSR count). The van der Waals surface area contributed by atoms with Gasteiger partial charge in [0, 0.05) is 35.8 Å². The number of aliphatic hydroxyl groups is 1. The average molecular weight is 634 g/mol. The number of nitrogens with zero attached hydrogens (tertiary/aromatic N) is 3. The molecular weight excluding hydrogens is 598 g/mol. The maximum absolute atomic E-state index is 13.5. The van der Waals surface area contributed by atoms with E-state index in [1.54, 1.807) is 50.9 Å². The predicted octanol–water partition coefficient (Wildman–Crippen LogP) is 4.06. The quantitative estimate of drug-likeness (QED) is 0.336. The van der Waals surface area contributed by atoms with Crippen LogP contribution in [0.25, 0.3) is 0 Å². The standard InChI is InChI=1S/C29H36ClN5O7S/c1-17-14-35(18(2)16-36)27(37)13-21-12-23(33-43(39,40)24-9-6-22(30)7-10-24)8-11-25(21)41-26(17)15-34(5)29(38)31-28-19(3)32-42-20(28)4/h6-12,17-18,26,33,36H,13-16H2,1-5H3,(H,31,38)/t17-,18+,26+/m0/s1. The molecule has 1 aliphatic heterocycles. The number of amides is 3. The van der Waals surface area contributed by atoms with Crippen LogP contribution in [0.5, 0.6) is 5.75 Å². The first-order valence-corrected chi connectivity index (χ1v) is 15.6. The molecule has 0 unspecified atom stereocenters. The first-order valence-electron chi connectivity index (χ1n) is 13.7. The summed E-state index contributed by atoms with van der Waals surface area (Å²) < 4.78 is 40.1. The van der Waals surface area contributed by atoms with Crippen LogP contribution in [0, 0.1) is 19.8 Å². The van der Waals surface area contributed by atoms with Crippen molar-refractivity contribution in [3.63, 3.8) is 0 Å². The first-order chi connectivity index (χ1) is 20.3. The summed E-state index contributed by atoms with van der Waals surface area (Å²) in [5, 5.41) is 17.0. The molecule has 0 saturated carbocycles. The Morgan fingerprint density at radius 2 is 1.93 bits per heavy atom. The van der Waals surface area contributed by atoms with Crippen LogP contribution in [0.3, 0.4) is 0 Å². The minimum absolute atomic E-state index is 0.0301. The number of sulfonamides is 1. The molecule has 14 heteroatoms. The van der Waals surface area contributed by atoms with Gasteiger partial charge in [0.2, 0.25) is 5.91 Å². The number of carbonyl (C=O) groups is 2. The van der Waals surface area contributed by atoms with Crippen molar-refractivity contribution >= 4 is 44.9 Å². The number of halogens is 1. The average Bonchev–Trinajstić information content (AvgIpc) is 3.29. The van der Waals surface area contributed by atoms with Crippen LogP contribution >= 0.6 is 11.6 Å². The molecule has 0 fully saturated rings. The van der Waals surface area contributed by atoms with Gasteiger partial charge in [0.15, 0.2) is 5.76 Å². The lowest BCUT2D eigenvalue weighted by Crippen LogP contribution is -2.48. The van der Waals surface area contributed by atoms with Gasteiger partial charge < -0.3 is 29.5 Å². The number of nitrogens with one attached hydrogen (secondary N) is 2. The zero-order chi connectivity index (χ0) is 31.5. The second-order valence-electron chi connectivity index (χ2n) is 10.8. The van der Waals surface area contributed by atoms with E-state index < -0.39 is 28.2 Å². The fourth-order valence-electron chi connectivity index (χ4n) is 4.76. The van der Waals surface area contributed by atoms with Crippen LogP contribution in [0.2, 0.25) is 5.02 Å². The van der Waals surface area contributed by atoms with Gasteiger partial charge >= 0.3 is 6.03 Å². The molecule has 0 radical (unpaired) electrons. The van der Waals surface area contributed by atoms with Crippen molar-refractivity contribution in [1.29, 1.82) is 0 Å². The summed E-state index contributed by atoms with van der Waals surface area (Å²) in [5.41, 5.74) is 1.74. The van der Waals surface area contributed by atoms with E-state index in [0.717, 1.165) is 0 Å². The fraction of sp³-hybridized carbons (Fsp3) is 0.414. The summed E-state index contributed by atoms with van der Waals surface area (Å²) in [6.45, 7) is 7.29. The van der Waals surface area contributed by atoms with Crippen LogP contribution in [-0.2, 0) is 21.2 Å². The maximum atomic E-state index is 13.5. The second-order valence-corrected chi connectivity index (χ2v) is 12.9. The first kappa shape index (κ1) is 32.1. The molecule has 0 bridgehead atoms. The van der Waals surface area contributed by atoms with Gasteiger partial charge in [-0.3, -0.25) is 9.52 Å². The number of ether oxygens (including phenoxy) is 1. The third kappa shape index (κ3) is 7.59.